The molecule has 0 N–H and O–H groups in total. The Morgan fingerprint density at radius 1 is 1.54 bits per heavy atom. The first kappa shape index (κ1) is 10.2. The molecular formula is C8H7ClO3S. The second-order valence-corrected chi connectivity index (χ2v) is 4.04. The summed E-state index contributed by atoms with van der Waals surface area (Å²) in [7, 11) is 1.17. The van der Waals surface area contributed by atoms with Crippen molar-refractivity contribution >= 4 is 34.7 Å². The van der Waals surface area contributed by atoms with Crippen LogP contribution in [0.1, 0.15) is 15.2 Å². The zero-order valence-electron chi connectivity index (χ0n) is 7.09. The molecule has 0 atom stereocenters. The molecule has 1 heterocycles. The number of thiophene rings is 1. The van der Waals surface area contributed by atoms with Crippen molar-refractivity contribution in [2.75, 3.05) is 7.11 Å². The van der Waals surface area contributed by atoms with Gasteiger partial charge in [-0.2, -0.15) is 0 Å². The van der Waals surface area contributed by atoms with Crippen LogP contribution in [0.3, 0.4) is 0 Å². The van der Waals surface area contributed by atoms with E-state index in [0.717, 1.165) is 16.9 Å². The largest absolute Gasteiger partial charge is 0.463 e. The summed E-state index contributed by atoms with van der Waals surface area (Å²) in [6.45, 7) is 1.77. The van der Waals surface area contributed by atoms with Crippen LogP contribution in [0, 0.1) is 6.92 Å². The first-order valence-corrected chi connectivity index (χ1v) is 4.64. The lowest BCUT2D eigenvalue weighted by molar-refractivity contribution is -0.135. The van der Waals surface area contributed by atoms with Gasteiger partial charge in [0.15, 0.2) is 0 Å². The smallest absolute Gasteiger partial charge is 0.380 e. The Bertz CT molecular complexity index is 337. The Morgan fingerprint density at radius 3 is 2.54 bits per heavy atom. The van der Waals surface area contributed by atoms with Gasteiger partial charge in [-0.3, -0.25) is 4.79 Å². The molecule has 3 nitrogen and oxygen atoms in total. The molecule has 1 aromatic heterocycles. The zero-order valence-corrected chi connectivity index (χ0v) is 8.66. The molecular weight excluding hydrogens is 212 g/mol. The van der Waals surface area contributed by atoms with Gasteiger partial charge in [0.2, 0.25) is 0 Å². The summed E-state index contributed by atoms with van der Waals surface area (Å²) in [6, 6.07) is 1.58. The van der Waals surface area contributed by atoms with Crippen molar-refractivity contribution in [1.82, 2.24) is 0 Å². The number of hydrogen-bond acceptors (Lipinski definition) is 4. The highest BCUT2D eigenvalue weighted by Crippen LogP contribution is 2.27. The lowest BCUT2D eigenvalue weighted by atomic mass is 10.3. The highest BCUT2D eigenvalue weighted by molar-refractivity contribution is 7.18. The second kappa shape index (κ2) is 3.89. The van der Waals surface area contributed by atoms with E-state index in [1.54, 1.807) is 13.0 Å². The predicted octanol–water partition coefficient (Wildman–Crippen LogP) is 2.07. The van der Waals surface area contributed by atoms with Gasteiger partial charge in [0, 0.05) is 0 Å². The van der Waals surface area contributed by atoms with Crippen LogP contribution in [-0.4, -0.2) is 18.9 Å². The minimum Gasteiger partial charge on any atom is -0.463 e. The summed E-state index contributed by atoms with van der Waals surface area (Å²) in [6.07, 6.45) is 0. The minimum absolute atomic E-state index is 0.314. The molecule has 0 aliphatic carbocycles. The third-order valence-corrected chi connectivity index (χ3v) is 3.01. The van der Waals surface area contributed by atoms with E-state index >= 15 is 0 Å². The number of rotatable bonds is 2. The van der Waals surface area contributed by atoms with Crippen LogP contribution in [0.2, 0.25) is 4.34 Å². The molecule has 0 aliphatic heterocycles. The van der Waals surface area contributed by atoms with Gasteiger partial charge in [0.25, 0.3) is 5.78 Å². The Hall–Kier alpha value is -0.870. The van der Waals surface area contributed by atoms with E-state index in [2.05, 4.69) is 4.74 Å². The fraction of sp³-hybridized carbons (Fsp3) is 0.250. The van der Waals surface area contributed by atoms with E-state index in [4.69, 9.17) is 11.6 Å². The van der Waals surface area contributed by atoms with Gasteiger partial charge in [-0.25, -0.2) is 4.79 Å². The van der Waals surface area contributed by atoms with Crippen molar-refractivity contribution in [3.8, 4) is 0 Å². The van der Waals surface area contributed by atoms with E-state index in [-0.39, 0.29) is 0 Å². The predicted molar refractivity (Wildman–Crippen MR) is 50.4 cm³/mol. The van der Waals surface area contributed by atoms with Crippen LogP contribution in [0.25, 0.3) is 0 Å². The molecule has 0 aliphatic rings. The zero-order chi connectivity index (χ0) is 10.0. The molecule has 0 saturated heterocycles. The van der Waals surface area contributed by atoms with Gasteiger partial charge in [-0.1, -0.05) is 11.6 Å². The number of ether oxygens (including phenoxy) is 1. The monoisotopic (exact) mass is 218 g/mol. The molecule has 0 spiro atoms. The molecule has 5 heteroatoms. The van der Waals surface area contributed by atoms with Gasteiger partial charge >= 0.3 is 5.97 Å². The Balaban J connectivity index is 2.96. The first-order valence-electron chi connectivity index (χ1n) is 3.45. The summed E-state index contributed by atoms with van der Waals surface area (Å²) in [5.74, 6) is -1.51. The summed E-state index contributed by atoms with van der Waals surface area (Å²) in [5.41, 5.74) is 0.791. The molecule has 0 amide bonds. The normalized spacial score (nSPS) is 9.77. The SMILES string of the molecule is COC(=O)C(=O)c1cc(C)c(Cl)s1. The minimum atomic E-state index is -0.863. The molecule has 1 aromatic rings. The Morgan fingerprint density at radius 2 is 2.15 bits per heavy atom. The molecule has 1 rings (SSSR count). The highest BCUT2D eigenvalue weighted by atomic mass is 35.5. The first-order chi connectivity index (χ1) is 6.06. The molecule has 70 valence electrons. The summed E-state index contributed by atoms with van der Waals surface area (Å²) >= 11 is 6.82. The molecule has 0 bridgehead atoms. The van der Waals surface area contributed by atoms with E-state index in [0.29, 0.717) is 9.21 Å². The van der Waals surface area contributed by atoms with Crippen molar-refractivity contribution in [2.45, 2.75) is 6.92 Å². The molecule has 0 radical (unpaired) electrons. The summed E-state index contributed by atoms with van der Waals surface area (Å²) in [5, 5.41) is 0. The topological polar surface area (TPSA) is 43.4 Å². The average molecular weight is 219 g/mol. The third-order valence-electron chi connectivity index (χ3n) is 1.45. The lowest BCUT2D eigenvalue weighted by Gasteiger charge is -1.92. The molecule has 13 heavy (non-hydrogen) atoms. The van der Waals surface area contributed by atoms with Crippen molar-refractivity contribution in [3.05, 3.63) is 20.8 Å². The number of carbonyl (C=O) groups excluding carboxylic acids is 2. The van der Waals surface area contributed by atoms with E-state index < -0.39 is 11.8 Å². The maximum absolute atomic E-state index is 11.2. The van der Waals surface area contributed by atoms with Crippen LogP contribution < -0.4 is 0 Å². The number of hydrogen-bond donors (Lipinski definition) is 0. The Kier molecular flexibility index (Phi) is 3.06. The molecule has 0 unspecified atom stereocenters. The lowest BCUT2D eigenvalue weighted by Crippen LogP contribution is -2.14. The van der Waals surface area contributed by atoms with E-state index in [9.17, 15) is 9.59 Å². The van der Waals surface area contributed by atoms with Crippen LogP contribution in [0.15, 0.2) is 6.07 Å². The Labute approximate surface area is 84.3 Å². The average Bonchev–Trinajstić information content (AvgIpc) is 2.44. The van der Waals surface area contributed by atoms with Crippen LogP contribution in [0.5, 0.6) is 0 Å². The van der Waals surface area contributed by atoms with Crippen LogP contribution in [-0.2, 0) is 9.53 Å². The number of Topliss-reactive ketones (excluding diaryl/α,β-unsaturated/α-hetero) is 1. The molecule has 0 saturated carbocycles. The number of aryl methyl sites for hydroxylation is 1. The summed E-state index contributed by atoms with van der Waals surface area (Å²) in [4.78, 5) is 22.4. The van der Waals surface area contributed by atoms with Gasteiger partial charge in [-0.05, 0) is 18.6 Å². The van der Waals surface area contributed by atoms with Crippen molar-refractivity contribution in [2.24, 2.45) is 0 Å². The molecule has 0 fully saturated rings. The van der Waals surface area contributed by atoms with Gasteiger partial charge in [0.1, 0.15) is 0 Å². The molecule has 0 aromatic carbocycles. The van der Waals surface area contributed by atoms with Crippen molar-refractivity contribution in [3.63, 3.8) is 0 Å². The fourth-order valence-corrected chi connectivity index (χ4v) is 1.89. The van der Waals surface area contributed by atoms with Gasteiger partial charge < -0.3 is 4.74 Å². The quantitative estimate of drug-likeness (QED) is 0.434. The third kappa shape index (κ3) is 2.08. The second-order valence-electron chi connectivity index (χ2n) is 2.39. The number of esters is 1. The van der Waals surface area contributed by atoms with Crippen LogP contribution >= 0.6 is 22.9 Å². The van der Waals surface area contributed by atoms with Crippen LogP contribution in [0.4, 0.5) is 0 Å². The van der Waals surface area contributed by atoms with Gasteiger partial charge in [-0.15, -0.1) is 11.3 Å². The maximum atomic E-state index is 11.2. The van der Waals surface area contributed by atoms with E-state index in [1.165, 1.54) is 7.11 Å². The highest BCUT2D eigenvalue weighted by Gasteiger charge is 2.19. The van der Waals surface area contributed by atoms with Crippen molar-refractivity contribution in [1.29, 1.82) is 0 Å². The standard InChI is InChI=1S/C8H7ClO3S/c1-4-3-5(13-7(4)9)6(10)8(11)12-2/h3H,1-2H3. The number of halogens is 1. The number of ketones is 1. The van der Waals surface area contributed by atoms with E-state index in [1.807, 2.05) is 0 Å². The van der Waals surface area contributed by atoms with Crippen molar-refractivity contribution < 1.29 is 14.3 Å². The summed E-state index contributed by atoms with van der Waals surface area (Å²) < 4.78 is 4.81. The number of methoxy groups -OCH3 is 1. The fourth-order valence-electron chi connectivity index (χ4n) is 0.765. The van der Waals surface area contributed by atoms with Gasteiger partial charge in [0.05, 0.1) is 16.3 Å². The maximum Gasteiger partial charge on any atom is 0.380 e. The number of carbonyl (C=O) groups is 2.